The SMILES string of the molecule is [C-]#[N+]c1ccc2c(c1)c1ccccc1n2-c1cnc2c(c1)C1(c3cc(-n4c5ccccc5c5cc(C#N)ccc54)cnc3-2)c2cccc(-n3c4ccccc4c4cc(C#N)ccc43)c2Oc2c(-n3c4ccccc4c4ccncc43)cccc21. The maximum atomic E-state index is 10.3. The molecule has 0 radical (unpaired) electrons. The highest BCUT2D eigenvalue weighted by molar-refractivity contribution is 6.13. The van der Waals surface area contributed by atoms with E-state index >= 15 is 0 Å². The lowest BCUT2D eigenvalue weighted by molar-refractivity contribution is 0.433. The number of benzene rings is 9. The van der Waals surface area contributed by atoms with Crippen LogP contribution >= 0.6 is 0 Å². The van der Waals surface area contributed by atoms with E-state index in [1.165, 1.54) is 0 Å². The van der Waals surface area contributed by atoms with Crippen molar-refractivity contribution in [3.63, 3.8) is 0 Å². The molecule has 0 saturated heterocycles. The van der Waals surface area contributed by atoms with Crippen LogP contribution in [0.3, 0.4) is 0 Å². The number of nitriles is 2. The van der Waals surface area contributed by atoms with Crippen LogP contribution in [-0.4, -0.2) is 33.2 Å². The second-order valence-electron chi connectivity index (χ2n) is 21.6. The molecule has 1 spiro atoms. The first kappa shape index (κ1) is 45.7. The van der Waals surface area contributed by atoms with Crippen molar-refractivity contribution in [3.8, 4) is 57.8 Å². The smallest absolute Gasteiger partial charge is 0.188 e. The largest absolute Gasteiger partial charge is 0.452 e. The Kier molecular flexibility index (Phi) is 9.11. The van der Waals surface area contributed by atoms with Crippen molar-refractivity contribution < 1.29 is 4.74 Å². The summed E-state index contributed by atoms with van der Waals surface area (Å²) < 4.78 is 17.0. The molecule has 0 saturated carbocycles. The maximum absolute atomic E-state index is 10.3. The van der Waals surface area contributed by atoms with Gasteiger partial charge in [0.2, 0.25) is 0 Å². The van der Waals surface area contributed by atoms with Gasteiger partial charge in [-0.2, -0.15) is 10.5 Å². The molecule has 386 valence electrons. The van der Waals surface area contributed by atoms with E-state index < -0.39 is 5.41 Å². The lowest BCUT2D eigenvalue weighted by Crippen LogP contribution is -2.33. The Bertz CT molecular complexity index is 5560. The Morgan fingerprint density at radius 1 is 0.393 bits per heavy atom. The summed E-state index contributed by atoms with van der Waals surface area (Å²) in [5.74, 6) is 1.29. The fourth-order valence-electron chi connectivity index (χ4n) is 14.3. The minimum Gasteiger partial charge on any atom is -0.452 e. The van der Waals surface area contributed by atoms with Gasteiger partial charge in [-0.1, -0.05) is 103 Å². The summed E-state index contributed by atoms with van der Waals surface area (Å²) in [6.07, 6.45) is 7.69. The van der Waals surface area contributed by atoms with Crippen LogP contribution in [0.2, 0.25) is 0 Å². The topological polar surface area (TPSA) is 120 Å². The molecule has 2 aliphatic rings. The second kappa shape index (κ2) is 16.7. The van der Waals surface area contributed by atoms with E-state index in [0.717, 1.165) is 144 Å². The van der Waals surface area contributed by atoms with Crippen LogP contribution in [-0.2, 0) is 5.41 Å². The average molecular weight is 1070 g/mol. The van der Waals surface area contributed by atoms with Gasteiger partial charge in [0.1, 0.15) is 0 Å². The third kappa shape index (κ3) is 5.86. The molecular weight excluding hydrogens is 1030 g/mol. The van der Waals surface area contributed by atoms with Gasteiger partial charge < -0.3 is 23.0 Å². The van der Waals surface area contributed by atoms with Gasteiger partial charge in [-0.3, -0.25) is 15.0 Å². The average Bonchev–Trinajstić information content (AvgIpc) is 1.56. The van der Waals surface area contributed by atoms with Crippen molar-refractivity contribution in [2.45, 2.75) is 5.41 Å². The molecule has 16 aromatic rings. The predicted octanol–water partition coefficient (Wildman–Crippen LogP) is 17.0. The fraction of sp³-hybridized carbons (Fsp3) is 0.0137. The van der Waals surface area contributed by atoms with Crippen LogP contribution in [0.25, 0.3) is 126 Å². The number of nitrogens with zero attached hydrogens (tertiary/aromatic N) is 10. The van der Waals surface area contributed by atoms with E-state index in [1.54, 1.807) is 0 Å². The number of ether oxygens (including phenoxy) is 1. The molecule has 84 heavy (non-hydrogen) atoms. The van der Waals surface area contributed by atoms with E-state index in [1.807, 2.05) is 97.6 Å². The van der Waals surface area contributed by atoms with Gasteiger partial charge in [-0.05, 0) is 109 Å². The summed E-state index contributed by atoms with van der Waals surface area (Å²) in [6.45, 7) is 7.99. The molecule has 1 aliphatic heterocycles. The summed E-state index contributed by atoms with van der Waals surface area (Å²) >= 11 is 0. The van der Waals surface area contributed by atoms with Crippen molar-refractivity contribution in [1.29, 1.82) is 10.5 Å². The number of para-hydroxylation sites is 6. The highest BCUT2D eigenvalue weighted by atomic mass is 16.5. The third-order valence-electron chi connectivity index (χ3n) is 17.6. The summed E-state index contributed by atoms with van der Waals surface area (Å²) in [5.41, 5.74) is 16.6. The second-order valence-corrected chi connectivity index (χ2v) is 21.6. The van der Waals surface area contributed by atoms with Crippen LogP contribution in [0.15, 0.2) is 231 Å². The molecule has 1 aliphatic carbocycles. The monoisotopic (exact) mass is 1070 g/mol. The predicted molar refractivity (Wildman–Crippen MR) is 330 cm³/mol. The Morgan fingerprint density at radius 3 is 1.33 bits per heavy atom. The first-order valence-electron chi connectivity index (χ1n) is 27.6. The van der Waals surface area contributed by atoms with Crippen LogP contribution in [0, 0.1) is 29.2 Å². The molecule has 0 N–H and O–H groups in total. The standard InChI is InChI=1S/C73H38N10O/c1-76-44-26-29-64-54(34-44)50-15-4-7-19-60(50)81(64)46-36-58-70(79-40-46)69-57(35-45(39-78-69)80-59-18-6-3-13-48(59)52-32-42(37-74)24-27-63(52)80)73(58)55-16-10-22-66(82-62-21-9-5-14-49(62)53-33-43(38-75)25-28-65(53)82)71(55)84-72-56(73)17-11-23-67(72)83-61-20-8-2-12-47(61)51-30-31-77-41-68(51)83/h2-36,39-41H. The molecule has 7 aromatic heterocycles. The van der Waals surface area contributed by atoms with Crippen LogP contribution in [0.1, 0.15) is 33.4 Å². The highest BCUT2D eigenvalue weighted by Crippen LogP contribution is 2.64. The number of rotatable bonds is 4. The minimum absolute atomic E-state index is 0.567. The molecule has 11 heteroatoms. The van der Waals surface area contributed by atoms with Crippen molar-refractivity contribution in [2.75, 3.05) is 0 Å². The Balaban J connectivity index is 1.02. The van der Waals surface area contributed by atoms with E-state index in [-0.39, 0.29) is 0 Å². The maximum Gasteiger partial charge on any atom is 0.188 e. The molecule has 8 heterocycles. The summed E-state index contributed by atoms with van der Waals surface area (Å²) in [7, 11) is 0. The fourth-order valence-corrected chi connectivity index (χ4v) is 14.3. The molecule has 9 aromatic carbocycles. The Morgan fingerprint density at radius 2 is 0.821 bits per heavy atom. The molecule has 18 rings (SSSR count). The van der Waals surface area contributed by atoms with Gasteiger partial charge >= 0.3 is 0 Å². The van der Waals surface area contributed by atoms with Crippen LogP contribution in [0.4, 0.5) is 5.69 Å². The zero-order valence-corrected chi connectivity index (χ0v) is 44.3. The molecular formula is C73H38N10O. The van der Waals surface area contributed by atoms with Crippen molar-refractivity contribution in [2.24, 2.45) is 0 Å². The van der Waals surface area contributed by atoms with Crippen molar-refractivity contribution in [3.05, 3.63) is 276 Å². The van der Waals surface area contributed by atoms with Gasteiger partial charge in [0.05, 0.1) is 132 Å². The lowest BCUT2D eigenvalue weighted by Gasteiger charge is -2.40. The molecule has 1 unspecified atom stereocenters. The molecule has 0 fully saturated rings. The minimum atomic E-state index is -1.18. The number of hydrogen-bond acceptors (Lipinski definition) is 6. The summed E-state index contributed by atoms with van der Waals surface area (Å²) in [4.78, 5) is 19.7. The van der Waals surface area contributed by atoms with Gasteiger partial charge in [0.25, 0.3) is 0 Å². The van der Waals surface area contributed by atoms with E-state index in [9.17, 15) is 10.5 Å². The normalized spacial score (nSPS) is 14.1. The Labute approximate surface area is 478 Å². The summed E-state index contributed by atoms with van der Waals surface area (Å²) in [5, 5.41) is 28.5. The highest BCUT2D eigenvalue weighted by Gasteiger charge is 2.54. The number of aromatic nitrogens is 7. The van der Waals surface area contributed by atoms with Gasteiger partial charge in [0.15, 0.2) is 17.2 Å². The van der Waals surface area contributed by atoms with E-state index in [2.05, 4.69) is 169 Å². The molecule has 11 nitrogen and oxygen atoms in total. The first-order chi connectivity index (χ1) is 41.5. The number of fused-ring (bicyclic) bond motifs is 21. The van der Waals surface area contributed by atoms with E-state index in [0.29, 0.717) is 28.3 Å². The van der Waals surface area contributed by atoms with Crippen LogP contribution < -0.4 is 4.74 Å². The lowest BCUT2D eigenvalue weighted by atomic mass is 9.66. The number of pyridine rings is 3. The van der Waals surface area contributed by atoms with E-state index in [4.69, 9.17) is 26.3 Å². The Hall–Kier alpha value is -12.1. The van der Waals surface area contributed by atoms with Gasteiger partial charge in [-0.15, -0.1) is 0 Å². The van der Waals surface area contributed by atoms with Crippen LogP contribution in [0.5, 0.6) is 11.5 Å². The quantitative estimate of drug-likeness (QED) is 0.162. The third-order valence-corrected chi connectivity index (χ3v) is 17.6. The zero-order chi connectivity index (χ0) is 55.5. The van der Waals surface area contributed by atoms with Crippen molar-refractivity contribution in [1.82, 2.24) is 33.2 Å². The first-order valence-corrected chi connectivity index (χ1v) is 27.6. The molecule has 1 atom stereocenters. The molecule has 0 bridgehead atoms. The molecule has 0 amide bonds. The summed E-state index contributed by atoms with van der Waals surface area (Å²) in [6, 6.07) is 75.6. The number of hydrogen-bond donors (Lipinski definition) is 0. The van der Waals surface area contributed by atoms with Crippen molar-refractivity contribution >= 4 is 92.9 Å². The zero-order valence-electron chi connectivity index (χ0n) is 44.3. The van der Waals surface area contributed by atoms with Gasteiger partial charge in [-0.25, -0.2) is 4.85 Å². The van der Waals surface area contributed by atoms with Gasteiger partial charge in [0, 0.05) is 66.2 Å².